The van der Waals surface area contributed by atoms with Crippen molar-refractivity contribution < 1.29 is 22.7 Å². The Morgan fingerprint density at radius 3 is 2.44 bits per heavy atom. The summed E-state index contributed by atoms with van der Waals surface area (Å²) in [7, 11) is -1.99. The molecule has 0 spiro atoms. The predicted molar refractivity (Wildman–Crippen MR) is 141 cm³/mol. The number of hydrogen-bond donors (Lipinski definition) is 3. The number of aromatic nitrogens is 1. The molecule has 12 heteroatoms. The highest BCUT2D eigenvalue weighted by atomic mass is 35.5. The maximum Gasteiger partial charge on any atom is 0.273 e. The van der Waals surface area contributed by atoms with Gasteiger partial charge in [0.15, 0.2) is 17.2 Å². The van der Waals surface area contributed by atoms with E-state index in [1.54, 1.807) is 36.1 Å². The molecular formula is C24H32ClN5O5S. The first kappa shape index (κ1) is 29.1. The van der Waals surface area contributed by atoms with E-state index in [1.165, 1.54) is 7.05 Å². The second kappa shape index (κ2) is 10.8. The standard InChI is InChI=1S/C24H31N5O5S.ClH/c1-7-34-19-11-15-12-29(22(25)20(15)27-21(19)23(31)26-5)13-18(30)14-8-9-17(28-35(6,32)33)16(10-14)24(2,3)4;/h8-11,25,28H,7,12-13H2,1-6H3,(H,26,31);1H. The molecule has 2 aromatic rings. The number of hydrogen-bond acceptors (Lipinski definition) is 7. The number of sulfonamides is 1. The van der Waals surface area contributed by atoms with Crippen LogP contribution in [0.25, 0.3) is 0 Å². The molecule has 3 N–H and O–H groups in total. The first-order valence-electron chi connectivity index (χ1n) is 11.1. The average molecular weight is 538 g/mol. The van der Waals surface area contributed by atoms with Gasteiger partial charge < -0.3 is 15.0 Å². The Morgan fingerprint density at radius 2 is 1.89 bits per heavy atom. The van der Waals surface area contributed by atoms with Crippen LogP contribution in [0, 0.1) is 5.41 Å². The van der Waals surface area contributed by atoms with E-state index in [0.717, 1.165) is 6.26 Å². The Kier molecular flexibility index (Phi) is 8.74. The number of nitrogens with zero attached hydrogens (tertiary/aromatic N) is 2. The fourth-order valence-corrected chi connectivity index (χ4v) is 4.44. The predicted octanol–water partition coefficient (Wildman–Crippen LogP) is 2.95. The number of amides is 1. The molecule has 196 valence electrons. The number of Topliss-reactive ketones (excluding diaryl/α,β-unsaturated/α-hetero) is 1. The third-order valence-corrected chi connectivity index (χ3v) is 6.08. The van der Waals surface area contributed by atoms with E-state index >= 15 is 0 Å². The van der Waals surface area contributed by atoms with Crippen LogP contribution in [0.3, 0.4) is 0 Å². The number of amidine groups is 1. The van der Waals surface area contributed by atoms with Crippen molar-refractivity contribution in [1.82, 2.24) is 15.2 Å². The van der Waals surface area contributed by atoms with Crippen molar-refractivity contribution >= 4 is 45.6 Å². The van der Waals surface area contributed by atoms with Gasteiger partial charge in [0.25, 0.3) is 5.91 Å². The summed E-state index contributed by atoms with van der Waals surface area (Å²) in [6.07, 6.45) is 1.08. The lowest BCUT2D eigenvalue weighted by Gasteiger charge is -2.24. The van der Waals surface area contributed by atoms with Crippen LogP contribution < -0.4 is 14.8 Å². The molecule has 1 aliphatic rings. The van der Waals surface area contributed by atoms with Crippen molar-refractivity contribution in [3.63, 3.8) is 0 Å². The van der Waals surface area contributed by atoms with Gasteiger partial charge >= 0.3 is 0 Å². The number of anilines is 1. The molecular weight excluding hydrogens is 506 g/mol. The molecule has 0 aliphatic carbocycles. The lowest BCUT2D eigenvalue weighted by Crippen LogP contribution is -2.31. The molecule has 0 fully saturated rings. The average Bonchev–Trinajstić information content (AvgIpc) is 3.05. The molecule has 0 bridgehead atoms. The summed E-state index contributed by atoms with van der Waals surface area (Å²) in [5, 5.41) is 11.1. The van der Waals surface area contributed by atoms with Gasteiger partial charge in [-0.25, -0.2) is 13.4 Å². The maximum atomic E-state index is 13.2. The Labute approximate surface area is 217 Å². The molecule has 1 aliphatic heterocycles. The van der Waals surface area contributed by atoms with Crippen molar-refractivity contribution in [2.75, 3.05) is 31.2 Å². The smallest absolute Gasteiger partial charge is 0.273 e. The number of carbonyl (C=O) groups is 2. The minimum absolute atomic E-state index is 0. The van der Waals surface area contributed by atoms with Crippen LogP contribution in [-0.4, -0.2) is 62.3 Å². The number of benzene rings is 1. The lowest BCUT2D eigenvalue weighted by molar-refractivity contribution is 0.0949. The molecule has 1 amide bonds. The van der Waals surface area contributed by atoms with Gasteiger partial charge in [0.1, 0.15) is 11.5 Å². The molecule has 1 aromatic carbocycles. The van der Waals surface area contributed by atoms with Gasteiger partial charge in [-0.05, 0) is 42.2 Å². The van der Waals surface area contributed by atoms with E-state index in [-0.39, 0.29) is 42.8 Å². The van der Waals surface area contributed by atoms with E-state index in [9.17, 15) is 18.0 Å². The second-order valence-electron chi connectivity index (χ2n) is 9.37. The summed E-state index contributed by atoms with van der Waals surface area (Å²) in [6, 6.07) is 6.55. The van der Waals surface area contributed by atoms with E-state index in [1.807, 2.05) is 20.8 Å². The number of ketones is 1. The zero-order chi connectivity index (χ0) is 26.1. The second-order valence-corrected chi connectivity index (χ2v) is 11.1. The largest absolute Gasteiger partial charge is 0.491 e. The quantitative estimate of drug-likeness (QED) is 0.439. The number of halogens is 1. The van der Waals surface area contributed by atoms with Gasteiger partial charge in [-0.2, -0.15) is 0 Å². The van der Waals surface area contributed by atoms with Crippen LogP contribution in [0.2, 0.25) is 0 Å². The molecule has 2 heterocycles. The minimum atomic E-state index is -3.49. The SMILES string of the molecule is CCOc1cc2c(nc1C(=O)NC)C(=N)N(CC(=O)c1ccc(NS(C)(=O)=O)c(C(C)(C)C)c1)C2.Cl. The normalized spacial score (nSPS) is 13.1. The van der Waals surface area contributed by atoms with Crippen LogP contribution >= 0.6 is 12.4 Å². The fraction of sp³-hybridized carbons (Fsp3) is 0.417. The van der Waals surface area contributed by atoms with Crippen LogP contribution in [0.5, 0.6) is 5.75 Å². The van der Waals surface area contributed by atoms with Crippen molar-refractivity contribution in [3.05, 3.63) is 52.3 Å². The van der Waals surface area contributed by atoms with Gasteiger partial charge in [0, 0.05) is 24.7 Å². The van der Waals surface area contributed by atoms with Gasteiger partial charge in [-0.3, -0.25) is 19.7 Å². The van der Waals surface area contributed by atoms with Crippen LogP contribution in [-0.2, 0) is 22.0 Å². The van der Waals surface area contributed by atoms with Crippen LogP contribution in [0.4, 0.5) is 5.69 Å². The first-order chi connectivity index (χ1) is 16.2. The third kappa shape index (κ3) is 6.33. The Bertz CT molecular complexity index is 1300. The monoisotopic (exact) mass is 537 g/mol. The van der Waals surface area contributed by atoms with Crippen LogP contribution in [0.15, 0.2) is 24.3 Å². The molecule has 0 saturated heterocycles. The summed E-state index contributed by atoms with van der Waals surface area (Å²) in [5.74, 6) is -0.269. The molecule has 0 saturated carbocycles. The van der Waals surface area contributed by atoms with E-state index in [2.05, 4.69) is 15.0 Å². The topological polar surface area (TPSA) is 142 Å². The zero-order valence-corrected chi connectivity index (χ0v) is 22.8. The summed E-state index contributed by atoms with van der Waals surface area (Å²) < 4.78 is 31.6. The van der Waals surface area contributed by atoms with Gasteiger partial charge in [-0.15, -0.1) is 12.4 Å². The minimum Gasteiger partial charge on any atom is -0.491 e. The zero-order valence-electron chi connectivity index (χ0n) is 21.2. The van der Waals surface area contributed by atoms with Crippen molar-refractivity contribution in [3.8, 4) is 5.75 Å². The Morgan fingerprint density at radius 1 is 1.22 bits per heavy atom. The Hall–Kier alpha value is -3.18. The molecule has 36 heavy (non-hydrogen) atoms. The van der Waals surface area contributed by atoms with Gasteiger partial charge in [0.2, 0.25) is 10.0 Å². The number of fused-ring (bicyclic) bond motifs is 1. The van der Waals surface area contributed by atoms with Crippen molar-refractivity contribution in [2.45, 2.75) is 39.7 Å². The molecule has 0 radical (unpaired) electrons. The fourth-order valence-electron chi connectivity index (χ4n) is 3.87. The number of pyridine rings is 1. The van der Waals surface area contributed by atoms with Crippen LogP contribution in [0.1, 0.15) is 65.4 Å². The summed E-state index contributed by atoms with van der Waals surface area (Å²) in [4.78, 5) is 31.4. The highest BCUT2D eigenvalue weighted by Crippen LogP contribution is 2.32. The summed E-state index contributed by atoms with van der Waals surface area (Å²) in [6.45, 7) is 8.16. The molecule has 10 nitrogen and oxygen atoms in total. The highest BCUT2D eigenvalue weighted by molar-refractivity contribution is 7.92. The molecule has 3 rings (SSSR count). The van der Waals surface area contributed by atoms with E-state index < -0.39 is 21.3 Å². The number of ether oxygens (including phenoxy) is 1. The van der Waals surface area contributed by atoms with Crippen molar-refractivity contribution in [1.29, 1.82) is 5.41 Å². The Balaban J connectivity index is 0.00000456. The number of rotatable bonds is 8. The number of nitrogens with one attached hydrogen (secondary N) is 3. The van der Waals surface area contributed by atoms with Gasteiger partial charge in [-0.1, -0.05) is 20.8 Å². The van der Waals surface area contributed by atoms with Crippen molar-refractivity contribution in [2.24, 2.45) is 0 Å². The summed E-state index contributed by atoms with van der Waals surface area (Å²) in [5.41, 5.74) is 2.22. The van der Waals surface area contributed by atoms with Gasteiger partial charge in [0.05, 0.1) is 25.1 Å². The lowest BCUT2D eigenvalue weighted by atomic mass is 9.84. The molecule has 0 atom stereocenters. The number of carbonyl (C=O) groups excluding carboxylic acids is 2. The molecule has 0 unspecified atom stereocenters. The maximum absolute atomic E-state index is 13.2. The summed E-state index contributed by atoms with van der Waals surface area (Å²) >= 11 is 0. The third-order valence-electron chi connectivity index (χ3n) is 5.49. The van der Waals surface area contributed by atoms with E-state index in [0.29, 0.717) is 40.4 Å². The first-order valence-corrected chi connectivity index (χ1v) is 13.0. The van der Waals surface area contributed by atoms with E-state index in [4.69, 9.17) is 10.1 Å². The highest BCUT2D eigenvalue weighted by Gasteiger charge is 2.31. The molecule has 1 aromatic heterocycles.